The standard InChI is InChI=1S/C23H23FN2O/c24-22-13-17(8-9-19(22)14-25)21-7-3-6-18(12-20-15-26-10-11-27-20)23(21)16-4-1-2-5-16/h3-4,6-9,13,20,26H,1-2,5,10-12,15H2. The van der Waals surface area contributed by atoms with Gasteiger partial charge >= 0.3 is 0 Å². The van der Waals surface area contributed by atoms with Gasteiger partial charge in [-0.2, -0.15) is 5.26 Å². The maximum atomic E-state index is 14.3. The van der Waals surface area contributed by atoms with Crippen LogP contribution < -0.4 is 5.32 Å². The van der Waals surface area contributed by atoms with Crippen molar-refractivity contribution >= 4 is 5.57 Å². The fourth-order valence-corrected chi connectivity index (χ4v) is 4.06. The van der Waals surface area contributed by atoms with Crippen LogP contribution >= 0.6 is 0 Å². The molecule has 1 unspecified atom stereocenters. The monoisotopic (exact) mass is 362 g/mol. The molecule has 1 heterocycles. The Morgan fingerprint density at radius 2 is 2.19 bits per heavy atom. The van der Waals surface area contributed by atoms with Crippen LogP contribution in [-0.2, 0) is 11.2 Å². The van der Waals surface area contributed by atoms with Gasteiger partial charge in [0.15, 0.2) is 0 Å². The summed E-state index contributed by atoms with van der Waals surface area (Å²) in [6, 6.07) is 13.0. The van der Waals surface area contributed by atoms with Gasteiger partial charge in [0.05, 0.1) is 18.3 Å². The molecule has 4 rings (SSSR count). The van der Waals surface area contributed by atoms with Crippen molar-refractivity contribution in [2.45, 2.75) is 31.8 Å². The van der Waals surface area contributed by atoms with Crippen LogP contribution in [0.3, 0.4) is 0 Å². The van der Waals surface area contributed by atoms with Crippen LogP contribution in [0.15, 0.2) is 42.5 Å². The van der Waals surface area contributed by atoms with E-state index in [2.05, 4.69) is 23.5 Å². The van der Waals surface area contributed by atoms with Crippen LogP contribution in [-0.4, -0.2) is 25.8 Å². The van der Waals surface area contributed by atoms with Crippen molar-refractivity contribution in [1.82, 2.24) is 5.32 Å². The number of benzene rings is 2. The van der Waals surface area contributed by atoms with E-state index in [-0.39, 0.29) is 11.7 Å². The summed E-state index contributed by atoms with van der Waals surface area (Å²) >= 11 is 0. The van der Waals surface area contributed by atoms with Crippen LogP contribution in [0, 0.1) is 17.1 Å². The number of hydrogen-bond donors (Lipinski definition) is 1. The molecular formula is C23H23FN2O. The lowest BCUT2D eigenvalue weighted by Crippen LogP contribution is -2.39. The van der Waals surface area contributed by atoms with Crippen molar-refractivity contribution in [1.29, 1.82) is 5.26 Å². The summed E-state index contributed by atoms with van der Waals surface area (Å²) in [5.74, 6) is -0.466. The van der Waals surface area contributed by atoms with Crippen LogP contribution in [0.5, 0.6) is 0 Å². The zero-order valence-corrected chi connectivity index (χ0v) is 15.3. The summed E-state index contributed by atoms with van der Waals surface area (Å²) in [6.45, 7) is 2.50. The van der Waals surface area contributed by atoms with Gasteiger partial charge in [-0.05, 0) is 59.2 Å². The maximum Gasteiger partial charge on any atom is 0.141 e. The Morgan fingerprint density at radius 3 is 2.89 bits per heavy atom. The molecule has 2 aromatic rings. The summed E-state index contributed by atoms with van der Waals surface area (Å²) < 4.78 is 20.2. The second kappa shape index (κ2) is 8.04. The number of ether oxygens (including phenoxy) is 1. The molecule has 0 amide bonds. The first-order valence-electron chi connectivity index (χ1n) is 9.60. The fourth-order valence-electron chi connectivity index (χ4n) is 4.06. The van der Waals surface area contributed by atoms with Crippen molar-refractivity contribution < 1.29 is 9.13 Å². The van der Waals surface area contributed by atoms with E-state index in [0.29, 0.717) is 0 Å². The molecule has 2 aromatic carbocycles. The molecule has 138 valence electrons. The van der Waals surface area contributed by atoms with Crippen molar-refractivity contribution in [2.75, 3.05) is 19.7 Å². The molecule has 1 fully saturated rings. The molecule has 0 aromatic heterocycles. The van der Waals surface area contributed by atoms with Gasteiger partial charge in [-0.3, -0.25) is 0 Å². The second-order valence-electron chi connectivity index (χ2n) is 7.17. The van der Waals surface area contributed by atoms with Crippen molar-refractivity contribution in [3.05, 3.63) is 65.0 Å². The van der Waals surface area contributed by atoms with E-state index in [1.165, 1.54) is 22.8 Å². The number of rotatable bonds is 4. The molecule has 2 aliphatic rings. The van der Waals surface area contributed by atoms with E-state index in [0.717, 1.165) is 56.5 Å². The lowest BCUT2D eigenvalue weighted by atomic mass is 9.87. The molecule has 0 radical (unpaired) electrons. The first kappa shape index (κ1) is 17.9. The van der Waals surface area contributed by atoms with Gasteiger partial charge in [-0.1, -0.05) is 30.3 Å². The smallest absolute Gasteiger partial charge is 0.141 e. The third-order valence-corrected chi connectivity index (χ3v) is 5.37. The van der Waals surface area contributed by atoms with Crippen molar-refractivity contribution in [3.63, 3.8) is 0 Å². The molecule has 27 heavy (non-hydrogen) atoms. The Kier molecular flexibility index (Phi) is 5.33. The van der Waals surface area contributed by atoms with Gasteiger partial charge in [0.2, 0.25) is 0 Å². The van der Waals surface area contributed by atoms with Crippen LogP contribution in [0.4, 0.5) is 4.39 Å². The molecule has 0 spiro atoms. The predicted octanol–water partition coefficient (Wildman–Crippen LogP) is 4.46. The summed E-state index contributed by atoms with van der Waals surface area (Å²) in [7, 11) is 0. The minimum atomic E-state index is -0.466. The van der Waals surface area contributed by atoms with Crippen LogP contribution in [0.1, 0.15) is 36.0 Å². The fraction of sp³-hybridized carbons (Fsp3) is 0.348. The first-order valence-corrected chi connectivity index (χ1v) is 9.60. The molecule has 1 aliphatic heterocycles. The molecule has 4 heteroatoms. The van der Waals surface area contributed by atoms with E-state index < -0.39 is 5.82 Å². The average molecular weight is 362 g/mol. The summed E-state index contributed by atoms with van der Waals surface area (Å²) in [4.78, 5) is 0. The Bertz CT molecular complexity index is 907. The highest BCUT2D eigenvalue weighted by Crippen LogP contribution is 2.38. The molecule has 1 atom stereocenters. The zero-order chi connectivity index (χ0) is 18.6. The maximum absolute atomic E-state index is 14.3. The van der Waals surface area contributed by atoms with Crippen molar-refractivity contribution in [3.8, 4) is 17.2 Å². The number of morpholine rings is 1. The van der Waals surface area contributed by atoms with Crippen molar-refractivity contribution in [2.24, 2.45) is 0 Å². The van der Waals surface area contributed by atoms with E-state index >= 15 is 0 Å². The molecule has 3 nitrogen and oxygen atoms in total. The quantitative estimate of drug-likeness (QED) is 0.873. The van der Waals surface area contributed by atoms with Crippen LogP contribution in [0.2, 0.25) is 0 Å². The van der Waals surface area contributed by atoms with E-state index in [1.807, 2.05) is 18.2 Å². The Balaban J connectivity index is 1.78. The normalized spacial score (nSPS) is 19.6. The predicted molar refractivity (Wildman–Crippen MR) is 105 cm³/mol. The number of nitrogens with one attached hydrogen (secondary N) is 1. The van der Waals surface area contributed by atoms with Gasteiger partial charge in [0.1, 0.15) is 11.9 Å². The third-order valence-electron chi connectivity index (χ3n) is 5.37. The van der Waals surface area contributed by atoms with Crippen LogP contribution in [0.25, 0.3) is 16.7 Å². The zero-order valence-electron chi connectivity index (χ0n) is 15.3. The second-order valence-corrected chi connectivity index (χ2v) is 7.17. The van der Waals surface area contributed by atoms with Gasteiger partial charge in [0.25, 0.3) is 0 Å². The highest BCUT2D eigenvalue weighted by Gasteiger charge is 2.21. The molecule has 0 saturated carbocycles. The minimum absolute atomic E-state index is 0.0817. The van der Waals surface area contributed by atoms with E-state index in [1.54, 1.807) is 6.07 Å². The molecule has 1 N–H and O–H groups in total. The number of halogens is 1. The summed E-state index contributed by atoms with van der Waals surface area (Å²) in [5.41, 5.74) is 5.74. The number of nitriles is 1. The highest BCUT2D eigenvalue weighted by atomic mass is 19.1. The largest absolute Gasteiger partial charge is 0.375 e. The third kappa shape index (κ3) is 3.80. The topological polar surface area (TPSA) is 45.0 Å². The Morgan fingerprint density at radius 1 is 1.26 bits per heavy atom. The van der Waals surface area contributed by atoms with Gasteiger partial charge in [-0.25, -0.2) is 4.39 Å². The Hall–Kier alpha value is -2.48. The first-order chi connectivity index (χ1) is 13.3. The number of hydrogen-bond acceptors (Lipinski definition) is 3. The lowest BCUT2D eigenvalue weighted by Gasteiger charge is -2.25. The summed E-state index contributed by atoms with van der Waals surface area (Å²) in [6.07, 6.45) is 6.60. The number of nitrogens with zero attached hydrogens (tertiary/aromatic N) is 1. The number of allylic oxidation sites excluding steroid dienone is 2. The SMILES string of the molecule is N#Cc1ccc(-c2cccc(CC3CNCCO3)c2C2=CCCC2)cc1F. The lowest BCUT2D eigenvalue weighted by molar-refractivity contribution is 0.0292. The molecule has 1 aliphatic carbocycles. The summed E-state index contributed by atoms with van der Waals surface area (Å²) in [5, 5.41) is 12.4. The average Bonchev–Trinajstić information content (AvgIpc) is 3.23. The van der Waals surface area contributed by atoms with Gasteiger partial charge < -0.3 is 10.1 Å². The molecular weight excluding hydrogens is 339 g/mol. The minimum Gasteiger partial charge on any atom is -0.375 e. The highest BCUT2D eigenvalue weighted by molar-refractivity contribution is 5.84. The Labute approximate surface area is 159 Å². The van der Waals surface area contributed by atoms with E-state index in [4.69, 9.17) is 10.00 Å². The van der Waals surface area contributed by atoms with E-state index in [9.17, 15) is 4.39 Å². The van der Waals surface area contributed by atoms with Gasteiger partial charge in [0, 0.05) is 19.5 Å². The van der Waals surface area contributed by atoms with Gasteiger partial charge in [-0.15, -0.1) is 0 Å². The molecule has 1 saturated heterocycles. The molecule has 0 bridgehead atoms.